The van der Waals surface area contributed by atoms with Crippen molar-refractivity contribution in [3.05, 3.63) is 0 Å². The summed E-state index contributed by atoms with van der Waals surface area (Å²) >= 11 is 26.2. The van der Waals surface area contributed by atoms with Gasteiger partial charge < -0.3 is 4.84 Å². The molecule has 0 aromatic heterocycles. The lowest BCUT2D eigenvalue weighted by Gasteiger charge is -2.05. The maximum absolute atomic E-state index is 10.8. The van der Waals surface area contributed by atoms with Crippen LogP contribution in [0.15, 0.2) is 5.16 Å². The summed E-state index contributed by atoms with van der Waals surface area (Å²) in [5.41, 5.74) is 0.269. The minimum atomic E-state index is -2.15. The first-order valence-corrected chi connectivity index (χ1v) is 5.08. The van der Waals surface area contributed by atoms with Crippen LogP contribution < -0.4 is 0 Å². The molecule has 0 amide bonds. The highest BCUT2D eigenvalue weighted by molar-refractivity contribution is 6.75. The van der Waals surface area contributed by atoms with Crippen LogP contribution in [-0.4, -0.2) is 27.2 Å². The molecule has 0 saturated heterocycles. The molecule has 76 valence electrons. The van der Waals surface area contributed by atoms with E-state index >= 15 is 0 Å². The number of nitrogens with zero attached hydrogens (tertiary/aromatic N) is 1. The molecule has 0 aliphatic carbocycles. The van der Waals surface area contributed by atoms with Crippen LogP contribution in [0, 0.1) is 0 Å². The fourth-order valence-corrected chi connectivity index (χ4v) is 0.729. The van der Waals surface area contributed by atoms with Crippen molar-refractivity contribution in [2.75, 3.05) is 11.8 Å². The van der Waals surface area contributed by atoms with Crippen molar-refractivity contribution in [1.29, 1.82) is 0 Å². The lowest BCUT2D eigenvalue weighted by Crippen LogP contribution is -2.20. The summed E-state index contributed by atoms with van der Waals surface area (Å²) < 4.78 is -2.15. The largest absolute Gasteiger partial charge is 0.386 e. The average Bonchev–Trinajstić information content (AvgIpc) is 2.04. The molecule has 8 heteroatoms. The molecular formula is C5H4Cl5NO2. The standard InChI is InChI=1S/C5H4Cl5NO2/c6-1-3(2-7)11-13-4(12)5(8,9)10/h1-2H2. The lowest BCUT2D eigenvalue weighted by molar-refractivity contribution is -0.142. The zero-order chi connectivity index (χ0) is 10.5. The van der Waals surface area contributed by atoms with E-state index in [0.717, 1.165) is 0 Å². The van der Waals surface area contributed by atoms with Gasteiger partial charge in [-0.25, -0.2) is 4.79 Å². The molecule has 0 bridgehead atoms. The maximum Gasteiger partial charge on any atom is 0.386 e. The highest BCUT2D eigenvalue weighted by Crippen LogP contribution is 2.27. The monoisotopic (exact) mass is 285 g/mol. The Balaban J connectivity index is 4.16. The van der Waals surface area contributed by atoms with E-state index in [1.54, 1.807) is 0 Å². The van der Waals surface area contributed by atoms with E-state index in [1.807, 2.05) is 0 Å². The van der Waals surface area contributed by atoms with Crippen LogP contribution in [-0.2, 0) is 9.63 Å². The quantitative estimate of drug-likeness (QED) is 0.346. The summed E-state index contributed by atoms with van der Waals surface area (Å²) in [6, 6.07) is 0. The van der Waals surface area contributed by atoms with Gasteiger partial charge in [0, 0.05) is 0 Å². The molecule has 0 N–H and O–H groups in total. The number of oxime groups is 1. The first-order chi connectivity index (χ1) is 5.91. The minimum Gasteiger partial charge on any atom is -0.313 e. The third-order valence-corrected chi connectivity index (χ3v) is 1.88. The molecule has 3 nitrogen and oxygen atoms in total. The van der Waals surface area contributed by atoms with E-state index in [-0.39, 0.29) is 17.5 Å². The molecular weight excluding hydrogens is 283 g/mol. The van der Waals surface area contributed by atoms with Crippen LogP contribution in [0.1, 0.15) is 0 Å². The van der Waals surface area contributed by atoms with Gasteiger partial charge in [0.15, 0.2) is 0 Å². The van der Waals surface area contributed by atoms with Gasteiger partial charge >= 0.3 is 5.97 Å². The van der Waals surface area contributed by atoms with Crippen molar-refractivity contribution in [2.45, 2.75) is 3.79 Å². The molecule has 0 aliphatic rings. The van der Waals surface area contributed by atoms with Gasteiger partial charge in [-0.05, 0) is 0 Å². The Morgan fingerprint density at radius 3 is 2.00 bits per heavy atom. The molecule has 0 rings (SSSR count). The number of hydrogen-bond acceptors (Lipinski definition) is 3. The van der Waals surface area contributed by atoms with E-state index < -0.39 is 9.76 Å². The Morgan fingerprint density at radius 2 is 1.69 bits per heavy atom. The predicted molar refractivity (Wildman–Crippen MR) is 55.3 cm³/mol. The van der Waals surface area contributed by atoms with Crippen molar-refractivity contribution >= 4 is 69.7 Å². The highest BCUT2D eigenvalue weighted by atomic mass is 35.6. The van der Waals surface area contributed by atoms with E-state index in [0.29, 0.717) is 0 Å². The third kappa shape index (κ3) is 5.81. The summed E-state index contributed by atoms with van der Waals surface area (Å²) in [5, 5.41) is 3.28. The number of rotatable bonds is 3. The second-order valence-corrected chi connectivity index (χ2v) is 4.62. The van der Waals surface area contributed by atoms with Gasteiger partial charge in [-0.15, -0.1) is 23.2 Å². The molecule has 0 fully saturated rings. The zero-order valence-corrected chi connectivity index (χ0v) is 9.85. The van der Waals surface area contributed by atoms with Crippen molar-refractivity contribution in [1.82, 2.24) is 0 Å². The van der Waals surface area contributed by atoms with Crippen LogP contribution >= 0.6 is 58.0 Å². The first kappa shape index (κ1) is 13.6. The Bertz CT molecular complexity index is 205. The minimum absolute atomic E-state index is 0.0383. The fraction of sp³-hybridized carbons (Fsp3) is 0.600. The van der Waals surface area contributed by atoms with E-state index in [2.05, 4.69) is 9.99 Å². The number of alkyl halides is 5. The van der Waals surface area contributed by atoms with Crippen LogP contribution in [0.4, 0.5) is 0 Å². The lowest BCUT2D eigenvalue weighted by atomic mass is 10.5. The predicted octanol–water partition coefficient (Wildman–Crippen LogP) is 2.73. The van der Waals surface area contributed by atoms with Crippen LogP contribution in [0.25, 0.3) is 0 Å². The Labute approximate surface area is 99.8 Å². The Hall–Kier alpha value is 0.590. The smallest absolute Gasteiger partial charge is 0.313 e. The summed E-state index contributed by atoms with van der Waals surface area (Å²) in [5.74, 6) is -1.03. The van der Waals surface area contributed by atoms with E-state index in [1.165, 1.54) is 0 Å². The Kier molecular flexibility index (Phi) is 6.42. The summed E-state index contributed by atoms with van der Waals surface area (Å²) in [6.07, 6.45) is 0. The van der Waals surface area contributed by atoms with E-state index in [4.69, 9.17) is 58.0 Å². The van der Waals surface area contributed by atoms with Gasteiger partial charge in [-0.1, -0.05) is 40.0 Å². The molecule has 0 saturated carbocycles. The number of carbonyl (C=O) groups is 1. The zero-order valence-electron chi connectivity index (χ0n) is 6.07. The molecule has 0 aromatic carbocycles. The Morgan fingerprint density at radius 1 is 1.23 bits per heavy atom. The molecule has 0 radical (unpaired) electrons. The van der Waals surface area contributed by atoms with Gasteiger partial charge in [0.25, 0.3) is 3.79 Å². The van der Waals surface area contributed by atoms with Gasteiger partial charge in [0.2, 0.25) is 0 Å². The molecule has 0 unspecified atom stereocenters. The fourth-order valence-electron chi connectivity index (χ4n) is 0.242. The van der Waals surface area contributed by atoms with Gasteiger partial charge in [-0.2, -0.15) is 0 Å². The molecule has 13 heavy (non-hydrogen) atoms. The van der Waals surface area contributed by atoms with Crippen LogP contribution in [0.3, 0.4) is 0 Å². The van der Waals surface area contributed by atoms with Crippen LogP contribution in [0.5, 0.6) is 0 Å². The summed E-state index contributed by atoms with van der Waals surface area (Å²) in [4.78, 5) is 15.0. The number of carbonyl (C=O) groups excluding carboxylic acids is 1. The SMILES string of the molecule is O=C(ON=C(CCl)CCl)C(Cl)(Cl)Cl. The number of hydrogen-bond donors (Lipinski definition) is 0. The summed E-state index contributed by atoms with van der Waals surface area (Å²) in [6.45, 7) is 0. The van der Waals surface area contributed by atoms with Crippen molar-refractivity contribution in [3.8, 4) is 0 Å². The van der Waals surface area contributed by atoms with Gasteiger partial charge in [0.1, 0.15) is 0 Å². The normalized spacial score (nSPS) is 10.8. The average molecular weight is 287 g/mol. The first-order valence-electron chi connectivity index (χ1n) is 2.87. The highest BCUT2D eigenvalue weighted by Gasteiger charge is 2.33. The topological polar surface area (TPSA) is 38.7 Å². The van der Waals surface area contributed by atoms with Gasteiger partial charge in [-0.3, -0.25) is 0 Å². The van der Waals surface area contributed by atoms with E-state index in [9.17, 15) is 4.79 Å². The molecule has 0 aliphatic heterocycles. The second kappa shape index (κ2) is 6.14. The van der Waals surface area contributed by atoms with Crippen LogP contribution in [0.2, 0.25) is 0 Å². The van der Waals surface area contributed by atoms with Crippen molar-refractivity contribution in [3.63, 3.8) is 0 Å². The molecule has 0 atom stereocenters. The summed E-state index contributed by atoms with van der Waals surface area (Å²) in [7, 11) is 0. The molecule has 0 spiro atoms. The maximum atomic E-state index is 10.8. The molecule has 0 heterocycles. The third-order valence-electron chi connectivity index (χ3n) is 0.798. The van der Waals surface area contributed by atoms with Crippen molar-refractivity contribution < 1.29 is 9.63 Å². The molecule has 0 aromatic rings. The number of halogens is 5. The van der Waals surface area contributed by atoms with Crippen molar-refractivity contribution in [2.24, 2.45) is 5.16 Å². The van der Waals surface area contributed by atoms with Gasteiger partial charge in [0.05, 0.1) is 17.5 Å². The second-order valence-electron chi connectivity index (χ2n) is 1.80.